The van der Waals surface area contributed by atoms with E-state index in [-0.39, 0.29) is 0 Å². The quantitative estimate of drug-likeness (QED) is 0.674. The molecule has 66 valence electrons. The van der Waals surface area contributed by atoms with Gasteiger partial charge in [-0.1, -0.05) is 0 Å². The average molecular weight is 171 g/mol. The van der Waals surface area contributed by atoms with Crippen LogP contribution in [0.25, 0.3) is 0 Å². The van der Waals surface area contributed by atoms with E-state index >= 15 is 0 Å². The molecule has 0 spiro atoms. The van der Waals surface area contributed by atoms with Crippen LogP contribution in [0.15, 0.2) is 0 Å². The zero-order valence-electron chi connectivity index (χ0n) is 5.85. The van der Waals surface area contributed by atoms with Crippen molar-refractivity contribution in [2.75, 3.05) is 20.1 Å². The van der Waals surface area contributed by atoms with Crippen molar-refractivity contribution in [1.82, 2.24) is 4.90 Å². The molecule has 1 N–H and O–H groups in total. The van der Waals surface area contributed by atoms with Crippen molar-refractivity contribution in [3.63, 3.8) is 0 Å². The molecule has 0 fully saturated rings. The van der Waals surface area contributed by atoms with Gasteiger partial charge in [0.25, 0.3) is 0 Å². The third-order valence-electron chi connectivity index (χ3n) is 0.854. The third kappa shape index (κ3) is 7.11. The fraction of sp³-hybridized carbons (Fsp3) is 0.800. The van der Waals surface area contributed by atoms with Crippen LogP contribution in [-0.4, -0.2) is 42.3 Å². The standard InChI is InChI=1S/C5H8F3NO2/c1-9(2-4(10)11)3-5(6,7)8/h2-3H2,1H3,(H,10,11). The lowest BCUT2D eigenvalue weighted by Gasteiger charge is -2.15. The van der Waals surface area contributed by atoms with Crippen LogP contribution >= 0.6 is 0 Å². The second-order valence-corrected chi connectivity index (χ2v) is 2.18. The topological polar surface area (TPSA) is 40.5 Å². The molecule has 0 bridgehead atoms. The summed E-state index contributed by atoms with van der Waals surface area (Å²) < 4.78 is 34.6. The molecular weight excluding hydrogens is 163 g/mol. The Balaban J connectivity index is 3.69. The van der Waals surface area contributed by atoms with E-state index in [4.69, 9.17) is 5.11 Å². The molecule has 0 saturated carbocycles. The van der Waals surface area contributed by atoms with Crippen LogP contribution in [-0.2, 0) is 4.79 Å². The molecule has 0 saturated heterocycles. The van der Waals surface area contributed by atoms with Crippen molar-refractivity contribution in [3.8, 4) is 0 Å². The summed E-state index contributed by atoms with van der Waals surface area (Å²) in [6.07, 6.45) is -4.33. The van der Waals surface area contributed by atoms with Gasteiger partial charge in [0.15, 0.2) is 0 Å². The molecule has 3 nitrogen and oxygen atoms in total. The summed E-state index contributed by atoms with van der Waals surface area (Å²) in [6.45, 7) is -1.79. The molecule has 0 atom stereocenters. The molecule has 11 heavy (non-hydrogen) atoms. The van der Waals surface area contributed by atoms with Gasteiger partial charge in [-0.2, -0.15) is 13.2 Å². The minimum Gasteiger partial charge on any atom is -0.480 e. The maximum atomic E-state index is 11.5. The van der Waals surface area contributed by atoms with Crippen molar-refractivity contribution >= 4 is 5.97 Å². The number of carbonyl (C=O) groups is 1. The van der Waals surface area contributed by atoms with E-state index in [1.54, 1.807) is 0 Å². The van der Waals surface area contributed by atoms with Crippen LogP contribution in [0.4, 0.5) is 13.2 Å². The lowest BCUT2D eigenvalue weighted by molar-refractivity contribution is -0.151. The number of rotatable bonds is 3. The Morgan fingerprint density at radius 2 is 2.00 bits per heavy atom. The SMILES string of the molecule is CN(CC(=O)O)CC(F)(F)F. The highest BCUT2D eigenvalue weighted by molar-refractivity contribution is 5.68. The van der Waals surface area contributed by atoms with Crippen LogP contribution in [0, 0.1) is 0 Å². The van der Waals surface area contributed by atoms with Crippen molar-refractivity contribution < 1.29 is 23.1 Å². The number of likely N-dealkylation sites (N-methyl/N-ethyl adjacent to an activating group) is 1. The Labute approximate surface area is 61.4 Å². The lowest BCUT2D eigenvalue weighted by atomic mass is 10.5. The van der Waals surface area contributed by atoms with Crippen molar-refractivity contribution in [1.29, 1.82) is 0 Å². The molecule has 0 unspecified atom stereocenters. The summed E-state index contributed by atoms with van der Waals surface area (Å²) in [5, 5.41) is 8.07. The highest BCUT2D eigenvalue weighted by atomic mass is 19.4. The first-order valence-corrected chi connectivity index (χ1v) is 2.78. The number of nitrogens with zero attached hydrogens (tertiary/aromatic N) is 1. The molecule has 0 aliphatic rings. The van der Waals surface area contributed by atoms with Crippen LogP contribution in [0.3, 0.4) is 0 Å². The highest BCUT2D eigenvalue weighted by Gasteiger charge is 2.29. The molecule has 0 amide bonds. The maximum absolute atomic E-state index is 11.5. The number of hydrogen-bond acceptors (Lipinski definition) is 2. The minimum absolute atomic E-state index is 0.598. The molecule has 0 radical (unpaired) electrons. The summed E-state index contributed by atoms with van der Waals surface area (Å²) in [4.78, 5) is 10.6. The Morgan fingerprint density at radius 3 is 2.27 bits per heavy atom. The van der Waals surface area contributed by atoms with E-state index in [1.165, 1.54) is 0 Å². The second kappa shape index (κ2) is 3.56. The number of alkyl halides is 3. The van der Waals surface area contributed by atoms with Gasteiger partial charge in [-0.3, -0.25) is 9.69 Å². The number of aliphatic carboxylic acids is 1. The number of halogens is 3. The smallest absolute Gasteiger partial charge is 0.401 e. The Morgan fingerprint density at radius 1 is 1.55 bits per heavy atom. The predicted molar refractivity (Wildman–Crippen MR) is 31.2 cm³/mol. The van der Waals surface area contributed by atoms with Crippen LogP contribution in [0.5, 0.6) is 0 Å². The number of carboxylic acid groups (broad SMARTS) is 1. The Kier molecular flexibility index (Phi) is 3.31. The summed E-state index contributed by atoms with van der Waals surface area (Å²) in [7, 11) is 1.10. The van der Waals surface area contributed by atoms with Gasteiger partial charge in [-0.15, -0.1) is 0 Å². The fourth-order valence-electron chi connectivity index (χ4n) is 0.593. The molecular formula is C5H8F3NO2. The molecule has 0 aromatic carbocycles. The second-order valence-electron chi connectivity index (χ2n) is 2.18. The largest absolute Gasteiger partial charge is 0.480 e. The Bertz CT molecular complexity index is 145. The lowest BCUT2D eigenvalue weighted by Crippen LogP contribution is -2.34. The zero-order chi connectivity index (χ0) is 9.07. The van der Waals surface area contributed by atoms with Crippen LogP contribution < -0.4 is 0 Å². The van der Waals surface area contributed by atoms with E-state index in [0.29, 0.717) is 4.90 Å². The van der Waals surface area contributed by atoms with Gasteiger partial charge in [-0.25, -0.2) is 0 Å². The average Bonchev–Trinajstić information content (AvgIpc) is 1.53. The van der Waals surface area contributed by atoms with Gasteiger partial charge in [0, 0.05) is 0 Å². The zero-order valence-corrected chi connectivity index (χ0v) is 5.85. The van der Waals surface area contributed by atoms with E-state index in [1.807, 2.05) is 0 Å². The predicted octanol–water partition coefficient (Wildman–Crippen LogP) is 0.565. The molecule has 0 aliphatic heterocycles. The van der Waals surface area contributed by atoms with Crippen molar-refractivity contribution in [2.45, 2.75) is 6.18 Å². The van der Waals surface area contributed by atoms with E-state index in [0.717, 1.165) is 7.05 Å². The van der Waals surface area contributed by atoms with Gasteiger partial charge in [-0.05, 0) is 7.05 Å². The number of carboxylic acids is 1. The molecule has 0 aromatic rings. The first kappa shape index (κ1) is 10.2. The van der Waals surface area contributed by atoms with Crippen LogP contribution in [0.1, 0.15) is 0 Å². The first-order chi connectivity index (χ1) is 4.81. The monoisotopic (exact) mass is 171 g/mol. The molecule has 0 aliphatic carbocycles. The highest BCUT2D eigenvalue weighted by Crippen LogP contribution is 2.14. The van der Waals surface area contributed by atoms with E-state index in [2.05, 4.69) is 0 Å². The maximum Gasteiger partial charge on any atom is 0.401 e. The van der Waals surface area contributed by atoms with Gasteiger partial charge in [0.2, 0.25) is 0 Å². The molecule has 0 rings (SSSR count). The van der Waals surface area contributed by atoms with Crippen LogP contribution in [0.2, 0.25) is 0 Å². The number of hydrogen-bond donors (Lipinski definition) is 1. The summed E-state index contributed by atoms with van der Waals surface area (Å²) in [6, 6.07) is 0. The van der Waals surface area contributed by atoms with Gasteiger partial charge in [0.1, 0.15) is 0 Å². The van der Waals surface area contributed by atoms with Crippen molar-refractivity contribution in [3.05, 3.63) is 0 Å². The minimum atomic E-state index is -4.33. The van der Waals surface area contributed by atoms with Crippen molar-refractivity contribution in [2.24, 2.45) is 0 Å². The summed E-state index contributed by atoms with van der Waals surface area (Å²) in [5.41, 5.74) is 0. The normalized spacial score (nSPS) is 12.1. The summed E-state index contributed by atoms with van der Waals surface area (Å²) >= 11 is 0. The fourth-order valence-corrected chi connectivity index (χ4v) is 0.593. The summed E-state index contributed by atoms with van der Waals surface area (Å²) in [5.74, 6) is -1.27. The van der Waals surface area contributed by atoms with E-state index < -0.39 is 25.2 Å². The van der Waals surface area contributed by atoms with Gasteiger partial charge in [0.05, 0.1) is 13.1 Å². The first-order valence-electron chi connectivity index (χ1n) is 2.78. The molecule has 0 heterocycles. The van der Waals surface area contributed by atoms with Gasteiger partial charge >= 0.3 is 12.1 Å². The van der Waals surface area contributed by atoms with Gasteiger partial charge < -0.3 is 5.11 Å². The molecule has 0 aromatic heterocycles. The Hall–Kier alpha value is -0.780. The third-order valence-corrected chi connectivity index (χ3v) is 0.854. The van der Waals surface area contributed by atoms with E-state index in [9.17, 15) is 18.0 Å². The molecule has 6 heteroatoms.